The summed E-state index contributed by atoms with van der Waals surface area (Å²) in [5.74, 6) is 0.776. The van der Waals surface area contributed by atoms with Gasteiger partial charge in [-0.15, -0.1) is 0 Å². The van der Waals surface area contributed by atoms with Crippen molar-refractivity contribution in [3.05, 3.63) is 29.8 Å². The van der Waals surface area contributed by atoms with Gasteiger partial charge in [0.05, 0.1) is 0 Å². The van der Waals surface area contributed by atoms with Crippen molar-refractivity contribution < 1.29 is 0 Å². The first-order valence-corrected chi connectivity index (χ1v) is 7.28. The molecular weight excluding hydrogens is 240 g/mol. The van der Waals surface area contributed by atoms with Crippen molar-refractivity contribution in [3.63, 3.8) is 0 Å². The van der Waals surface area contributed by atoms with Crippen LogP contribution in [0.25, 0.3) is 0 Å². The zero-order valence-electron chi connectivity index (χ0n) is 11.0. The molecule has 2 unspecified atom stereocenters. The van der Waals surface area contributed by atoms with Crippen molar-refractivity contribution in [2.24, 2.45) is 11.7 Å². The van der Waals surface area contributed by atoms with Crippen molar-refractivity contribution in [2.45, 2.75) is 45.1 Å². The van der Waals surface area contributed by atoms with E-state index in [0.717, 1.165) is 17.2 Å². The second kappa shape index (κ2) is 6.19. The molecule has 1 fully saturated rings. The molecule has 1 saturated carbocycles. The topological polar surface area (TPSA) is 38.0 Å². The molecule has 2 nitrogen and oxygen atoms in total. The van der Waals surface area contributed by atoms with Crippen molar-refractivity contribution >= 4 is 22.9 Å². The van der Waals surface area contributed by atoms with E-state index in [4.69, 9.17) is 18.0 Å². The van der Waals surface area contributed by atoms with Crippen LogP contribution in [-0.4, -0.2) is 11.0 Å². The number of benzene rings is 1. The summed E-state index contributed by atoms with van der Waals surface area (Å²) in [6.07, 6.45) is 6.53. The lowest BCUT2D eigenvalue weighted by atomic mass is 9.82. The molecule has 0 heterocycles. The Morgan fingerprint density at radius 1 is 1.33 bits per heavy atom. The number of thiocarbonyl (C=S) groups is 1. The van der Waals surface area contributed by atoms with Crippen molar-refractivity contribution in [1.82, 2.24) is 0 Å². The largest absolute Gasteiger partial charge is 0.389 e. The molecule has 1 aliphatic rings. The van der Waals surface area contributed by atoms with Gasteiger partial charge in [-0.05, 0) is 30.9 Å². The Kier molecular flexibility index (Phi) is 4.59. The fourth-order valence-electron chi connectivity index (χ4n) is 2.91. The minimum atomic E-state index is 0.474. The molecule has 3 heteroatoms. The van der Waals surface area contributed by atoms with Gasteiger partial charge in [-0.1, -0.05) is 50.5 Å². The summed E-state index contributed by atoms with van der Waals surface area (Å²) in [4.78, 5) is 0.474. The molecule has 0 aliphatic heterocycles. The van der Waals surface area contributed by atoms with Gasteiger partial charge in [0, 0.05) is 17.3 Å². The lowest BCUT2D eigenvalue weighted by Gasteiger charge is -2.32. The summed E-state index contributed by atoms with van der Waals surface area (Å²) < 4.78 is 0. The minimum absolute atomic E-state index is 0.474. The Hall–Kier alpha value is -1.09. The number of hydrogen-bond donors (Lipinski definition) is 2. The average Bonchev–Trinajstić information content (AvgIpc) is 2.40. The second-order valence-corrected chi connectivity index (χ2v) is 5.55. The van der Waals surface area contributed by atoms with Gasteiger partial charge in [0.2, 0.25) is 0 Å². The lowest BCUT2D eigenvalue weighted by Crippen LogP contribution is -2.32. The first kappa shape index (κ1) is 13.3. The highest BCUT2D eigenvalue weighted by molar-refractivity contribution is 7.80. The number of hydrogen-bond acceptors (Lipinski definition) is 2. The van der Waals surface area contributed by atoms with Crippen LogP contribution >= 0.6 is 12.2 Å². The monoisotopic (exact) mass is 262 g/mol. The SMILES string of the molecule is CCC1CCCCC1Nc1ccccc1C(N)=S. The van der Waals surface area contributed by atoms with E-state index in [0.29, 0.717) is 11.0 Å². The maximum atomic E-state index is 5.78. The van der Waals surface area contributed by atoms with Crippen LogP contribution in [0, 0.1) is 5.92 Å². The smallest absolute Gasteiger partial charge is 0.106 e. The second-order valence-electron chi connectivity index (χ2n) is 5.11. The highest BCUT2D eigenvalue weighted by Gasteiger charge is 2.24. The third-order valence-electron chi connectivity index (χ3n) is 3.97. The van der Waals surface area contributed by atoms with Gasteiger partial charge in [-0.2, -0.15) is 0 Å². The highest BCUT2D eigenvalue weighted by Crippen LogP contribution is 2.30. The normalized spacial score (nSPS) is 23.6. The zero-order chi connectivity index (χ0) is 13.0. The molecule has 0 spiro atoms. The molecule has 1 aromatic carbocycles. The van der Waals surface area contributed by atoms with E-state index in [1.54, 1.807) is 0 Å². The van der Waals surface area contributed by atoms with Crippen molar-refractivity contribution in [2.75, 3.05) is 5.32 Å². The van der Waals surface area contributed by atoms with Crippen LogP contribution in [0.2, 0.25) is 0 Å². The Labute approximate surface area is 115 Å². The van der Waals surface area contributed by atoms with E-state index in [1.807, 2.05) is 18.2 Å². The van der Waals surface area contributed by atoms with Crippen LogP contribution < -0.4 is 11.1 Å². The van der Waals surface area contributed by atoms with Gasteiger partial charge in [-0.3, -0.25) is 0 Å². The third-order valence-corrected chi connectivity index (χ3v) is 4.19. The van der Waals surface area contributed by atoms with Gasteiger partial charge in [0.15, 0.2) is 0 Å². The summed E-state index contributed by atoms with van der Waals surface area (Å²) in [6.45, 7) is 2.28. The number of anilines is 1. The molecule has 98 valence electrons. The van der Waals surface area contributed by atoms with E-state index in [2.05, 4.69) is 18.3 Å². The predicted octanol–water partition coefficient (Wildman–Crippen LogP) is 3.70. The van der Waals surface area contributed by atoms with Crippen LogP contribution in [-0.2, 0) is 0 Å². The first-order valence-electron chi connectivity index (χ1n) is 6.87. The fraction of sp³-hybridized carbons (Fsp3) is 0.533. The van der Waals surface area contributed by atoms with Gasteiger partial charge < -0.3 is 11.1 Å². The van der Waals surface area contributed by atoms with E-state index >= 15 is 0 Å². The quantitative estimate of drug-likeness (QED) is 0.813. The summed E-state index contributed by atoms with van der Waals surface area (Å²) in [5.41, 5.74) is 7.84. The number of rotatable bonds is 4. The molecular formula is C15H22N2S. The Bertz CT molecular complexity index is 417. The molecule has 3 N–H and O–H groups in total. The fourth-order valence-corrected chi connectivity index (χ4v) is 3.09. The maximum Gasteiger partial charge on any atom is 0.106 e. The average molecular weight is 262 g/mol. The predicted molar refractivity (Wildman–Crippen MR) is 82.0 cm³/mol. The summed E-state index contributed by atoms with van der Waals surface area (Å²) in [6, 6.07) is 8.66. The van der Waals surface area contributed by atoms with Gasteiger partial charge in [0.1, 0.15) is 4.99 Å². The van der Waals surface area contributed by atoms with Crippen LogP contribution in [0.1, 0.15) is 44.6 Å². The zero-order valence-corrected chi connectivity index (χ0v) is 11.8. The molecule has 0 radical (unpaired) electrons. The van der Waals surface area contributed by atoms with Crippen LogP contribution in [0.3, 0.4) is 0 Å². The van der Waals surface area contributed by atoms with Crippen LogP contribution in [0.4, 0.5) is 5.69 Å². The van der Waals surface area contributed by atoms with Crippen LogP contribution in [0.15, 0.2) is 24.3 Å². The molecule has 18 heavy (non-hydrogen) atoms. The first-order chi connectivity index (χ1) is 8.72. The molecule has 0 amide bonds. The molecule has 2 atom stereocenters. The van der Waals surface area contributed by atoms with Crippen molar-refractivity contribution in [3.8, 4) is 0 Å². The Morgan fingerprint density at radius 3 is 2.78 bits per heavy atom. The van der Waals surface area contributed by atoms with Crippen molar-refractivity contribution in [1.29, 1.82) is 0 Å². The van der Waals surface area contributed by atoms with Gasteiger partial charge >= 0.3 is 0 Å². The van der Waals surface area contributed by atoms with E-state index in [-0.39, 0.29) is 0 Å². The van der Waals surface area contributed by atoms with Gasteiger partial charge in [0.25, 0.3) is 0 Å². The molecule has 0 saturated heterocycles. The van der Waals surface area contributed by atoms with E-state index < -0.39 is 0 Å². The van der Waals surface area contributed by atoms with E-state index in [1.165, 1.54) is 32.1 Å². The Balaban J connectivity index is 2.15. The maximum absolute atomic E-state index is 5.78. The Morgan fingerprint density at radius 2 is 2.06 bits per heavy atom. The lowest BCUT2D eigenvalue weighted by molar-refractivity contribution is 0.317. The molecule has 1 aliphatic carbocycles. The number of para-hydroxylation sites is 1. The van der Waals surface area contributed by atoms with E-state index in [9.17, 15) is 0 Å². The molecule has 0 bridgehead atoms. The van der Waals surface area contributed by atoms with Crippen LogP contribution in [0.5, 0.6) is 0 Å². The standard InChI is InChI=1S/C15H22N2S/c1-2-11-7-3-5-9-13(11)17-14-10-6-4-8-12(14)15(16)18/h4,6,8,10-11,13,17H,2-3,5,7,9H2,1H3,(H2,16,18). The summed E-state index contributed by atoms with van der Waals surface area (Å²) in [5, 5.41) is 3.66. The molecule has 1 aromatic rings. The number of nitrogens with one attached hydrogen (secondary N) is 1. The molecule has 0 aromatic heterocycles. The molecule has 2 rings (SSSR count). The van der Waals surface area contributed by atoms with Gasteiger partial charge in [-0.25, -0.2) is 0 Å². The summed E-state index contributed by atoms with van der Waals surface area (Å²) in [7, 11) is 0. The summed E-state index contributed by atoms with van der Waals surface area (Å²) >= 11 is 5.11. The third kappa shape index (κ3) is 3.02. The number of nitrogens with two attached hydrogens (primary N) is 1. The minimum Gasteiger partial charge on any atom is -0.389 e. The highest BCUT2D eigenvalue weighted by atomic mass is 32.1.